The Balaban J connectivity index is 1.44. The summed E-state index contributed by atoms with van der Waals surface area (Å²) >= 11 is 0. The van der Waals surface area contributed by atoms with E-state index in [-0.39, 0.29) is 11.9 Å². The van der Waals surface area contributed by atoms with Gasteiger partial charge in [-0.15, -0.1) is 0 Å². The zero-order chi connectivity index (χ0) is 25.8. The molecule has 2 fully saturated rings. The molecule has 2 aliphatic rings. The summed E-state index contributed by atoms with van der Waals surface area (Å²) in [5.41, 5.74) is 0.735. The molecule has 5 rings (SSSR count). The third-order valence-corrected chi connectivity index (χ3v) is 6.80. The molecule has 0 bridgehead atoms. The molecule has 4 heterocycles. The van der Waals surface area contributed by atoms with Gasteiger partial charge in [0.25, 0.3) is 0 Å². The Morgan fingerprint density at radius 3 is 2.81 bits per heavy atom. The third-order valence-electron chi connectivity index (χ3n) is 6.80. The molecule has 1 aromatic carbocycles. The number of hydrogen-bond acceptors (Lipinski definition) is 8. The number of piperidine rings is 1. The number of benzene rings is 1. The smallest absolute Gasteiger partial charge is 0.144 e. The molecule has 2 saturated heterocycles. The molecular formula is C27H30FN7O2. The molecule has 0 spiro atoms. The van der Waals surface area contributed by atoms with E-state index in [1.807, 2.05) is 12.1 Å². The largest absolute Gasteiger partial charge is 0.377 e. The summed E-state index contributed by atoms with van der Waals surface area (Å²) in [6.45, 7) is 5.09. The lowest BCUT2D eigenvalue weighted by atomic mass is 9.91. The molecule has 2 aromatic heterocycles. The van der Waals surface area contributed by atoms with Gasteiger partial charge in [0.15, 0.2) is 0 Å². The molecule has 0 saturated carbocycles. The van der Waals surface area contributed by atoms with Gasteiger partial charge in [-0.05, 0) is 31.2 Å². The molecule has 37 heavy (non-hydrogen) atoms. The highest BCUT2D eigenvalue weighted by atomic mass is 19.1. The van der Waals surface area contributed by atoms with Gasteiger partial charge in [0, 0.05) is 56.0 Å². The second-order valence-electron chi connectivity index (χ2n) is 9.40. The number of pyridine rings is 1. The van der Waals surface area contributed by atoms with Crippen molar-refractivity contribution >= 4 is 29.4 Å². The second-order valence-corrected chi connectivity index (χ2v) is 9.40. The van der Waals surface area contributed by atoms with Crippen molar-refractivity contribution in [3.8, 4) is 11.8 Å². The van der Waals surface area contributed by atoms with Crippen LogP contribution in [0.2, 0.25) is 0 Å². The predicted octanol–water partition coefficient (Wildman–Crippen LogP) is 3.29. The lowest BCUT2D eigenvalue weighted by molar-refractivity contribution is 0.0746. The van der Waals surface area contributed by atoms with Crippen molar-refractivity contribution in [3.63, 3.8) is 0 Å². The molecule has 0 radical (unpaired) electrons. The van der Waals surface area contributed by atoms with Crippen LogP contribution < -0.4 is 15.1 Å². The quantitative estimate of drug-likeness (QED) is 0.312. The first kappa shape index (κ1) is 24.7. The van der Waals surface area contributed by atoms with Gasteiger partial charge in [-0.3, -0.25) is 5.10 Å². The van der Waals surface area contributed by atoms with Gasteiger partial charge in [0.2, 0.25) is 0 Å². The van der Waals surface area contributed by atoms with Gasteiger partial charge in [0.1, 0.15) is 28.9 Å². The van der Waals surface area contributed by atoms with Crippen molar-refractivity contribution < 1.29 is 14.2 Å². The number of anilines is 4. The average molecular weight is 504 g/mol. The van der Waals surface area contributed by atoms with E-state index < -0.39 is 5.60 Å². The summed E-state index contributed by atoms with van der Waals surface area (Å²) in [4.78, 5) is 9.02. The number of aromatic nitrogens is 3. The van der Waals surface area contributed by atoms with Crippen LogP contribution in [-0.4, -0.2) is 71.0 Å². The van der Waals surface area contributed by atoms with Gasteiger partial charge in [-0.25, -0.2) is 9.37 Å². The van der Waals surface area contributed by atoms with Crippen LogP contribution in [0.1, 0.15) is 30.9 Å². The number of nitrogens with zero attached hydrogens (tertiary/aromatic N) is 4. The standard InChI is InChI=1S/C27H30FN7O2/c1-19-18-37-14-13-35(19)25-15-20(23(17-29)26(32-25)31-24-6-10-30-33-24)5-7-27(36)8-11-34(12-9-27)22-4-2-3-21(28)16-22/h2-4,6,10,15-17,19,29,36H,8-9,11-14,18H2,1H3,(H2,30,31,32,33)/t19-/m1/s1. The molecule has 192 valence electrons. The molecule has 0 unspecified atom stereocenters. The van der Waals surface area contributed by atoms with Crippen LogP contribution in [0.15, 0.2) is 42.6 Å². The van der Waals surface area contributed by atoms with E-state index in [1.54, 1.807) is 18.3 Å². The summed E-state index contributed by atoms with van der Waals surface area (Å²) in [6, 6.07) is 10.3. The fraction of sp³-hybridized carbons (Fsp3) is 0.370. The molecule has 2 aliphatic heterocycles. The Labute approximate surface area is 215 Å². The van der Waals surface area contributed by atoms with E-state index in [4.69, 9.17) is 15.1 Å². The van der Waals surface area contributed by atoms with Crippen LogP contribution in [-0.2, 0) is 4.74 Å². The van der Waals surface area contributed by atoms with E-state index in [9.17, 15) is 9.50 Å². The van der Waals surface area contributed by atoms with Crippen molar-refractivity contribution in [2.24, 2.45) is 0 Å². The van der Waals surface area contributed by atoms with E-state index >= 15 is 0 Å². The SMILES string of the molecule is C[C@@H]1COCCN1c1cc(C#CC2(O)CCN(c3cccc(F)c3)CC2)c(C=N)c(Nc2ccn[nH]2)n1. The summed E-state index contributed by atoms with van der Waals surface area (Å²) in [5.74, 6) is 7.81. The molecule has 1 atom stereocenters. The predicted molar refractivity (Wildman–Crippen MR) is 141 cm³/mol. The number of hydrogen-bond donors (Lipinski definition) is 4. The highest BCUT2D eigenvalue weighted by Crippen LogP contribution is 2.29. The Morgan fingerprint density at radius 2 is 2.11 bits per heavy atom. The minimum Gasteiger partial charge on any atom is -0.377 e. The Bertz CT molecular complexity index is 1310. The number of aliphatic hydroxyl groups is 1. The fourth-order valence-corrected chi connectivity index (χ4v) is 4.67. The highest BCUT2D eigenvalue weighted by molar-refractivity contribution is 5.90. The van der Waals surface area contributed by atoms with Crippen LogP contribution in [0.4, 0.5) is 27.5 Å². The summed E-state index contributed by atoms with van der Waals surface area (Å²) in [5, 5.41) is 29.4. The summed E-state index contributed by atoms with van der Waals surface area (Å²) < 4.78 is 19.2. The van der Waals surface area contributed by atoms with Gasteiger partial charge in [-0.1, -0.05) is 17.9 Å². The molecule has 10 heteroatoms. The molecular weight excluding hydrogens is 473 g/mol. The monoisotopic (exact) mass is 503 g/mol. The maximum Gasteiger partial charge on any atom is 0.144 e. The Morgan fingerprint density at radius 1 is 1.27 bits per heavy atom. The minimum absolute atomic E-state index is 0.129. The van der Waals surface area contributed by atoms with E-state index in [0.29, 0.717) is 68.5 Å². The number of ether oxygens (including phenoxy) is 1. The zero-order valence-electron chi connectivity index (χ0n) is 20.7. The van der Waals surface area contributed by atoms with Crippen molar-refractivity contribution in [2.45, 2.75) is 31.4 Å². The van der Waals surface area contributed by atoms with E-state index in [2.05, 4.69) is 44.1 Å². The van der Waals surface area contributed by atoms with Crippen molar-refractivity contribution in [1.82, 2.24) is 15.2 Å². The lowest BCUT2D eigenvalue weighted by Gasteiger charge is -2.36. The zero-order valence-corrected chi connectivity index (χ0v) is 20.7. The lowest BCUT2D eigenvalue weighted by Crippen LogP contribution is -2.44. The minimum atomic E-state index is -1.18. The first-order chi connectivity index (χ1) is 17.9. The van der Waals surface area contributed by atoms with Crippen LogP contribution in [0.25, 0.3) is 0 Å². The van der Waals surface area contributed by atoms with Gasteiger partial charge in [-0.2, -0.15) is 5.10 Å². The van der Waals surface area contributed by atoms with Gasteiger partial charge >= 0.3 is 0 Å². The fourth-order valence-electron chi connectivity index (χ4n) is 4.67. The normalized spacial score (nSPS) is 19.2. The third kappa shape index (κ3) is 5.58. The van der Waals surface area contributed by atoms with Crippen LogP contribution in [0.3, 0.4) is 0 Å². The Kier molecular flexibility index (Phi) is 7.08. The maximum atomic E-state index is 13.7. The van der Waals surface area contributed by atoms with Gasteiger partial charge < -0.3 is 30.4 Å². The average Bonchev–Trinajstić information content (AvgIpc) is 3.41. The van der Waals surface area contributed by atoms with Crippen LogP contribution in [0.5, 0.6) is 0 Å². The number of halogens is 1. The number of H-pyrrole nitrogens is 1. The van der Waals surface area contributed by atoms with Gasteiger partial charge in [0.05, 0.1) is 31.0 Å². The maximum absolute atomic E-state index is 13.7. The molecule has 0 aliphatic carbocycles. The molecule has 4 N–H and O–H groups in total. The number of nitrogens with one attached hydrogen (secondary N) is 3. The summed E-state index contributed by atoms with van der Waals surface area (Å²) in [6.07, 6.45) is 3.70. The first-order valence-electron chi connectivity index (χ1n) is 12.4. The highest BCUT2D eigenvalue weighted by Gasteiger charge is 2.31. The molecule has 3 aromatic rings. The number of rotatable bonds is 5. The van der Waals surface area contributed by atoms with Crippen LogP contribution in [0, 0.1) is 23.1 Å². The first-order valence-corrected chi connectivity index (χ1v) is 12.4. The van der Waals surface area contributed by atoms with E-state index in [0.717, 1.165) is 11.5 Å². The summed E-state index contributed by atoms with van der Waals surface area (Å²) in [7, 11) is 0. The van der Waals surface area contributed by atoms with Crippen molar-refractivity contribution in [2.75, 3.05) is 48.0 Å². The number of morpholine rings is 1. The topological polar surface area (TPSA) is 113 Å². The molecule has 9 nitrogen and oxygen atoms in total. The Hall–Kier alpha value is -3.94. The van der Waals surface area contributed by atoms with Crippen molar-refractivity contribution in [1.29, 1.82) is 5.41 Å². The number of aromatic amines is 1. The van der Waals surface area contributed by atoms with E-state index in [1.165, 1.54) is 18.3 Å². The second kappa shape index (κ2) is 10.6. The van der Waals surface area contributed by atoms with Crippen LogP contribution >= 0.6 is 0 Å². The van der Waals surface area contributed by atoms with Crippen molar-refractivity contribution in [3.05, 3.63) is 59.5 Å². The molecule has 0 amide bonds.